The maximum Gasteiger partial charge on any atom is 0.335 e. The SMILES string of the molecule is O=c1n2c(c(O)n1-c1cc(Cl)cc(Cl)c1)C[C@H](SCc1cccc(-c3ccc(Br)cc3)c1)C2. The number of aromatic hydroxyl groups is 1. The summed E-state index contributed by atoms with van der Waals surface area (Å²) >= 11 is 17.4. The lowest BCUT2D eigenvalue weighted by atomic mass is 10.0. The highest BCUT2D eigenvalue weighted by molar-refractivity contribution is 9.10. The van der Waals surface area contributed by atoms with Gasteiger partial charge in [0.2, 0.25) is 5.88 Å². The van der Waals surface area contributed by atoms with Crippen molar-refractivity contribution in [2.75, 3.05) is 0 Å². The van der Waals surface area contributed by atoms with E-state index in [1.54, 1.807) is 34.5 Å². The molecule has 4 aromatic rings. The molecule has 1 aliphatic heterocycles. The van der Waals surface area contributed by atoms with Crippen molar-refractivity contribution in [3.63, 3.8) is 0 Å². The van der Waals surface area contributed by atoms with Crippen LogP contribution in [0.15, 0.2) is 76.0 Å². The standard InChI is InChI=1S/C25H19BrCl2N2O2S/c26-18-6-4-16(5-7-18)17-3-1-2-15(8-17)14-33-22-12-23-24(31)30(25(32)29(23)13-22)21-10-19(27)9-20(28)11-21/h1-11,22,31H,12-14H2/t22-/m0/s1. The molecular weight excluding hydrogens is 543 g/mol. The van der Waals surface area contributed by atoms with Crippen molar-refractivity contribution in [2.45, 2.75) is 24.0 Å². The predicted octanol–water partition coefficient (Wildman–Crippen LogP) is 6.94. The van der Waals surface area contributed by atoms with Gasteiger partial charge in [0.25, 0.3) is 0 Å². The molecule has 2 heterocycles. The lowest BCUT2D eigenvalue weighted by molar-refractivity contribution is 0.435. The third-order valence-electron chi connectivity index (χ3n) is 5.72. The maximum atomic E-state index is 13.0. The van der Waals surface area contributed by atoms with Gasteiger partial charge in [-0.1, -0.05) is 75.5 Å². The smallest absolute Gasteiger partial charge is 0.335 e. The lowest BCUT2D eigenvalue weighted by Crippen LogP contribution is -2.24. The number of imidazole rings is 1. The topological polar surface area (TPSA) is 47.2 Å². The highest BCUT2D eigenvalue weighted by atomic mass is 79.9. The Labute approximate surface area is 213 Å². The number of nitrogens with zero attached hydrogens (tertiary/aromatic N) is 2. The fraction of sp³-hybridized carbons (Fsp3) is 0.160. The summed E-state index contributed by atoms with van der Waals surface area (Å²) < 4.78 is 3.99. The molecule has 5 rings (SSSR count). The van der Waals surface area contributed by atoms with Gasteiger partial charge in [0.15, 0.2) is 0 Å². The van der Waals surface area contributed by atoms with Crippen LogP contribution in [0.4, 0.5) is 0 Å². The number of hydrogen-bond donors (Lipinski definition) is 1. The van der Waals surface area contributed by atoms with Crippen LogP contribution in [-0.2, 0) is 18.7 Å². The highest BCUT2D eigenvalue weighted by Gasteiger charge is 2.30. The van der Waals surface area contributed by atoms with Gasteiger partial charge < -0.3 is 5.11 Å². The molecule has 1 N–H and O–H groups in total. The molecule has 1 atom stereocenters. The summed E-state index contributed by atoms with van der Waals surface area (Å²) in [6, 6.07) is 21.6. The predicted molar refractivity (Wildman–Crippen MR) is 140 cm³/mol. The average Bonchev–Trinajstić information content (AvgIpc) is 3.31. The Morgan fingerprint density at radius 2 is 1.73 bits per heavy atom. The summed E-state index contributed by atoms with van der Waals surface area (Å²) in [5, 5.41) is 11.8. The van der Waals surface area contributed by atoms with Crippen LogP contribution in [0.3, 0.4) is 0 Å². The monoisotopic (exact) mass is 560 g/mol. The maximum absolute atomic E-state index is 13.0. The highest BCUT2D eigenvalue weighted by Crippen LogP contribution is 2.34. The second-order valence-electron chi connectivity index (χ2n) is 7.97. The summed E-state index contributed by atoms with van der Waals surface area (Å²) in [6.45, 7) is 0.556. The quantitative estimate of drug-likeness (QED) is 0.287. The van der Waals surface area contributed by atoms with Crippen LogP contribution in [0.1, 0.15) is 11.3 Å². The zero-order chi connectivity index (χ0) is 23.1. The Morgan fingerprint density at radius 3 is 2.42 bits per heavy atom. The largest absolute Gasteiger partial charge is 0.493 e. The van der Waals surface area contributed by atoms with Gasteiger partial charge in [-0.15, -0.1) is 0 Å². The van der Waals surface area contributed by atoms with Crippen LogP contribution in [0.25, 0.3) is 16.8 Å². The van der Waals surface area contributed by atoms with E-state index in [9.17, 15) is 9.90 Å². The molecule has 1 aromatic heterocycles. The van der Waals surface area contributed by atoms with E-state index < -0.39 is 0 Å². The molecule has 0 radical (unpaired) electrons. The summed E-state index contributed by atoms with van der Waals surface area (Å²) in [4.78, 5) is 13.0. The molecule has 0 amide bonds. The summed E-state index contributed by atoms with van der Waals surface area (Å²) in [7, 11) is 0. The van der Waals surface area contributed by atoms with E-state index in [0.717, 1.165) is 10.2 Å². The number of fused-ring (bicyclic) bond motifs is 1. The van der Waals surface area contributed by atoms with Crippen LogP contribution in [0, 0.1) is 0 Å². The van der Waals surface area contributed by atoms with Crippen LogP contribution in [-0.4, -0.2) is 19.5 Å². The van der Waals surface area contributed by atoms with Crippen LogP contribution in [0.5, 0.6) is 5.88 Å². The zero-order valence-electron chi connectivity index (χ0n) is 17.3. The second kappa shape index (κ2) is 9.26. The number of aromatic nitrogens is 2. The molecule has 0 unspecified atom stereocenters. The Hall–Kier alpha value is -2.12. The van der Waals surface area contributed by atoms with E-state index in [2.05, 4.69) is 52.3 Å². The minimum absolute atomic E-state index is 0.0429. The molecule has 0 aliphatic carbocycles. The van der Waals surface area contributed by atoms with Crippen LogP contribution >= 0.6 is 50.9 Å². The Morgan fingerprint density at radius 1 is 1.00 bits per heavy atom. The van der Waals surface area contributed by atoms with Gasteiger partial charge in [0, 0.05) is 38.5 Å². The molecule has 3 aromatic carbocycles. The summed E-state index contributed by atoms with van der Waals surface area (Å²) in [5.74, 6) is 0.789. The van der Waals surface area contributed by atoms with Crippen LogP contribution in [0.2, 0.25) is 10.0 Å². The molecule has 0 fully saturated rings. The fourth-order valence-electron chi connectivity index (χ4n) is 4.16. The molecule has 1 aliphatic rings. The molecule has 4 nitrogen and oxygen atoms in total. The van der Waals surface area contributed by atoms with E-state index in [1.165, 1.54) is 21.3 Å². The zero-order valence-corrected chi connectivity index (χ0v) is 21.3. The van der Waals surface area contributed by atoms with E-state index >= 15 is 0 Å². The van der Waals surface area contributed by atoms with Crippen molar-refractivity contribution in [2.24, 2.45) is 0 Å². The fourth-order valence-corrected chi connectivity index (χ4v) is 6.08. The molecule has 0 saturated heterocycles. The molecule has 0 bridgehead atoms. The van der Waals surface area contributed by atoms with Crippen LogP contribution < -0.4 is 5.69 Å². The van der Waals surface area contributed by atoms with Gasteiger partial charge >= 0.3 is 5.69 Å². The number of rotatable bonds is 5. The number of hydrogen-bond acceptors (Lipinski definition) is 3. The third kappa shape index (κ3) is 4.62. The minimum Gasteiger partial charge on any atom is -0.493 e. The first-order chi connectivity index (χ1) is 15.9. The van der Waals surface area contributed by atoms with Crippen molar-refractivity contribution in [1.29, 1.82) is 0 Å². The van der Waals surface area contributed by atoms with Gasteiger partial charge in [0.1, 0.15) is 0 Å². The van der Waals surface area contributed by atoms with Crippen molar-refractivity contribution in [3.8, 4) is 22.7 Å². The Balaban J connectivity index is 1.31. The minimum atomic E-state index is -0.277. The van der Waals surface area contributed by atoms with Crippen molar-refractivity contribution in [3.05, 3.63) is 103 Å². The molecule has 8 heteroatoms. The normalized spacial score (nSPS) is 15.1. The third-order valence-corrected chi connectivity index (χ3v) is 7.97. The molecule has 0 spiro atoms. The van der Waals surface area contributed by atoms with E-state index in [4.69, 9.17) is 23.2 Å². The van der Waals surface area contributed by atoms with Crippen molar-refractivity contribution < 1.29 is 5.11 Å². The molecule has 0 saturated carbocycles. The van der Waals surface area contributed by atoms with E-state index in [0.29, 0.717) is 34.4 Å². The van der Waals surface area contributed by atoms with Gasteiger partial charge in [-0.25, -0.2) is 9.36 Å². The summed E-state index contributed by atoms with van der Waals surface area (Å²) in [5.41, 5.74) is 4.42. The molecule has 168 valence electrons. The molecular formula is C25H19BrCl2N2O2S. The number of benzene rings is 3. The second-order valence-corrected chi connectivity index (χ2v) is 11.0. The van der Waals surface area contributed by atoms with Gasteiger partial charge in [-0.3, -0.25) is 4.57 Å². The summed E-state index contributed by atoms with van der Waals surface area (Å²) in [6.07, 6.45) is 0.624. The van der Waals surface area contributed by atoms with Gasteiger partial charge in [0.05, 0.1) is 11.4 Å². The van der Waals surface area contributed by atoms with Gasteiger partial charge in [-0.05, 0) is 47.0 Å². The number of thioether (sulfide) groups is 1. The average molecular weight is 562 g/mol. The number of halogens is 3. The lowest BCUT2D eigenvalue weighted by Gasteiger charge is -2.11. The first-order valence-electron chi connectivity index (χ1n) is 10.4. The Kier molecular flexibility index (Phi) is 6.36. The van der Waals surface area contributed by atoms with Crippen molar-refractivity contribution in [1.82, 2.24) is 9.13 Å². The van der Waals surface area contributed by atoms with E-state index in [1.807, 2.05) is 12.1 Å². The van der Waals surface area contributed by atoms with Gasteiger partial charge in [-0.2, -0.15) is 11.8 Å². The van der Waals surface area contributed by atoms with Crippen molar-refractivity contribution >= 4 is 50.9 Å². The first-order valence-corrected chi connectivity index (χ1v) is 12.9. The van der Waals surface area contributed by atoms with E-state index in [-0.39, 0.29) is 16.8 Å². The first kappa shape index (κ1) is 22.7. The Bertz CT molecular complexity index is 1380. The molecule has 33 heavy (non-hydrogen) atoms.